The van der Waals surface area contributed by atoms with Gasteiger partial charge in [-0.25, -0.2) is 0 Å². The van der Waals surface area contributed by atoms with Gasteiger partial charge in [-0.05, 0) is 35.3 Å². The molecule has 0 amide bonds. The van der Waals surface area contributed by atoms with Crippen molar-refractivity contribution in [1.29, 1.82) is 0 Å². The van der Waals surface area contributed by atoms with E-state index in [2.05, 4.69) is 41.5 Å². The molecule has 0 bridgehead atoms. The molecule has 0 aliphatic carbocycles. The van der Waals surface area contributed by atoms with Crippen LogP contribution in [-0.2, 0) is 9.47 Å². The van der Waals surface area contributed by atoms with Crippen molar-refractivity contribution in [2.24, 2.45) is 10.8 Å². The third-order valence-electron chi connectivity index (χ3n) is 1.42. The summed E-state index contributed by atoms with van der Waals surface area (Å²) in [5, 5.41) is 0. The van der Waals surface area contributed by atoms with Gasteiger partial charge >= 0.3 is 0 Å². The Hall–Kier alpha value is 0.480. The van der Waals surface area contributed by atoms with Gasteiger partial charge in [-0.1, -0.05) is 41.5 Å². The van der Waals surface area contributed by atoms with Gasteiger partial charge in [0.05, 0.1) is 13.2 Å². The SMILES string of the molecule is CC(C)(C)COC(=S)SSC(=S)OCC(C)(C)C. The number of thiocarbonyl (C=S) groups is 2. The van der Waals surface area contributed by atoms with Gasteiger partial charge in [-0.2, -0.15) is 0 Å². The monoisotopic (exact) mass is 326 g/mol. The molecule has 18 heavy (non-hydrogen) atoms. The predicted molar refractivity (Wildman–Crippen MR) is 91.2 cm³/mol. The summed E-state index contributed by atoms with van der Waals surface area (Å²) in [6, 6.07) is 0. The lowest BCUT2D eigenvalue weighted by Gasteiger charge is -2.19. The molecule has 0 spiro atoms. The van der Waals surface area contributed by atoms with Crippen LogP contribution < -0.4 is 0 Å². The molecule has 0 saturated heterocycles. The van der Waals surface area contributed by atoms with Gasteiger partial charge in [-0.3, -0.25) is 0 Å². The van der Waals surface area contributed by atoms with Crippen LogP contribution in [0.15, 0.2) is 0 Å². The molecule has 106 valence electrons. The second-order valence-electron chi connectivity index (χ2n) is 6.37. The average molecular weight is 327 g/mol. The van der Waals surface area contributed by atoms with Crippen LogP contribution >= 0.6 is 46.0 Å². The first-order valence-electron chi connectivity index (χ1n) is 5.68. The number of hydrogen-bond acceptors (Lipinski definition) is 6. The summed E-state index contributed by atoms with van der Waals surface area (Å²) in [5.74, 6) is 0. The first-order valence-corrected chi connectivity index (χ1v) is 8.64. The highest BCUT2D eigenvalue weighted by Crippen LogP contribution is 2.28. The van der Waals surface area contributed by atoms with E-state index in [1.807, 2.05) is 0 Å². The predicted octanol–water partition coefficient (Wildman–Crippen LogP) is 5.06. The quantitative estimate of drug-likeness (QED) is 0.517. The van der Waals surface area contributed by atoms with Crippen molar-refractivity contribution in [2.75, 3.05) is 13.2 Å². The maximum Gasteiger partial charge on any atom is 0.231 e. The van der Waals surface area contributed by atoms with E-state index >= 15 is 0 Å². The van der Waals surface area contributed by atoms with E-state index in [-0.39, 0.29) is 10.8 Å². The Morgan fingerprint density at radius 1 is 0.778 bits per heavy atom. The minimum absolute atomic E-state index is 0.110. The van der Waals surface area contributed by atoms with Crippen molar-refractivity contribution in [1.82, 2.24) is 0 Å². The maximum absolute atomic E-state index is 5.46. The normalized spacial score (nSPS) is 12.1. The van der Waals surface area contributed by atoms with E-state index < -0.39 is 0 Å². The Labute approximate surface area is 129 Å². The smallest absolute Gasteiger partial charge is 0.231 e. The van der Waals surface area contributed by atoms with Crippen molar-refractivity contribution >= 4 is 54.8 Å². The van der Waals surface area contributed by atoms with Crippen molar-refractivity contribution in [3.63, 3.8) is 0 Å². The van der Waals surface area contributed by atoms with Crippen molar-refractivity contribution in [3.05, 3.63) is 0 Å². The van der Waals surface area contributed by atoms with Crippen LogP contribution in [0, 0.1) is 10.8 Å². The zero-order valence-corrected chi connectivity index (χ0v) is 15.1. The fraction of sp³-hybridized carbons (Fsp3) is 0.833. The topological polar surface area (TPSA) is 18.5 Å². The van der Waals surface area contributed by atoms with Gasteiger partial charge in [0.2, 0.25) is 8.77 Å². The van der Waals surface area contributed by atoms with Gasteiger partial charge in [0.25, 0.3) is 0 Å². The molecule has 0 aromatic carbocycles. The molecule has 0 fully saturated rings. The second-order valence-corrected chi connectivity index (χ2v) is 9.70. The van der Waals surface area contributed by atoms with Crippen LogP contribution in [0.4, 0.5) is 0 Å². The van der Waals surface area contributed by atoms with Crippen LogP contribution in [0.3, 0.4) is 0 Å². The summed E-state index contributed by atoms with van der Waals surface area (Å²) in [6.07, 6.45) is 0. The molecular weight excluding hydrogens is 304 g/mol. The highest BCUT2D eigenvalue weighted by atomic mass is 33.1. The third kappa shape index (κ3) is 12.9. The highest BCUT2D eigenvalue weighted by molar-refractivity contribution is 8.89. The van der Waals surface area contributed by atoms with E-state index in [0.29, 0.717) is 22.0 Å². The molecule has 0 saturated carbocycles. The van der Waals surface area contributed by atoms with Gasteiger partial charge in [-0.15, -0.1) is 0 Å². The molecule has 0 aromatic rings. The summed E-state index contributed by atoms with van der Waals surface area (Å²) >= 11 is 10.2. The highest BCUT2D eigenvalue weighted by Gasteiger charge is 2.15. The maximum atomic E-state index is 5.46. The Morgan fingerprint density at radius 2 is 1.06 bits per heavy atom. The molecule has 0 aliphatic rings. The van der Waals surface area contributed by atoms with Gasteiger partial charge in [0, 0.05) is 21.6 Å². The molecule has 0 aromatic heterocycles. The lowest BCUT2D eigenvalue weighted by atomic mass is 9.99. The summed E-state index contributed by atoms with van der Waals surface area (Å²) in [6.45, 7) is 13.8. The van der Waals surface area contributed by atoms with Gasteiger partial charge in [0.1, 0.15) is 0 Å². The molecule has 0 rings (SSSR count). The summed E-state index contributed by atoms with van der Waals surface area (Å²) in [4.78, 5) is 0. The molecule has 6 heteroatoms. The van der Waals surface area contributed by atoms with Gasteiger partial charge < -0.3 is 9.47 Å². The second kappa shape index (κ2) is 7.92. The first-order chi connectivity index (χ1) is 7.99. The average Bonchev–Trinajstić information content (AvgIpc) is 2.18. The fourth-order valence-electron chi connectivity index (χ4n) is 0.667. The van der Waals surface area contributed by atoms with E-state index in [0.717, 1.165) is 0 Å². The van der Waals surface area contributed by atoms with Gasteiger partial charge in [0.15, 0.2) is 0 Å². The van der Waals surface area contributed by atoms with Crippen molar-refractivity contribution in [2.45, 2.75) is 41.5 Å². The Balaban J connectivity index is 3.76. The summed E-state index contributed by atoms with van der Waals surface area (Å²) < 4.78 is 11.9. The molecule has 0 aliphatic heterocycles. The number of hydrogen-bond donors (Lipinski definition) is 0. The molecule has 0 heterocycles. The molecule has 2 nitrogen and oxygen atoms in total. The van der Waals surface area contributed by atoms with Crippen molar-refractivity contribution in [3.8, 4) is 0 Å². The molecule has 0 atom stereocenters. The Kier molecular flexibility index (Phi) is 8.13. The number of rotatable bonds is 2. The molecular formula is C12H22O2S4. The van der Waals surface area contributed by atoms with Crippen LogP contribution in [0.1, 0.15) is 41.5 Å². The molecule has 0 unspecified atom stereocenters. The van der Waals surface area contributed by atoms with Crippen LogP contribution in [0.2, 0.25) is 0 Å². The first kappa shape index (κ1) is 18.5. The van der Waals surface area contributed by atoms with Crippen LogP contribution in [0.5, 0.6) is 0 Å². The fourth-order valence-corrected chi connectivity index (χ4v) is 2.44. The molecule has 0 radical (unpaired) electrons. The minimum atomic E-state index is 0.110. The minimum Gasteiger partial charge on any atom is -0.477 e. The summed E-state index contributed by atoms with van der Waals surface area (Å²) in [5.41, 5.74) is 0.219. The van der Waals surface area contributed by atoms with E-state index in [4.69, 9.17) is 33.9 Å². The lowest BCUT2D eigenvalue weighted by Crippen LogP contribution is -2.16. The third-order valence-corrected chi connectivity index (χ3v) is 4.54. The molecule has 0 N–H and O–H groups in total. The van der Waals surface area contributed by atoms with Crippen molar-refractivity contribution < 1.29 is 9.47 Å². The lowest BCUT2D eigenvalue weighted by molar-refractivity contribution is 0.197. The van der Waals surface area contributed by atoms with E-state index in [9.17, 15) is 0 Å². The summed E-state index contributed by atoms with van der Waals surface area (Å²) in [7, 11) is 2.67. The van der Waals surface area contributed by atoms with E-state index in [1.54, 1.807) is 0 Å². The van der Waals surface area contributed by atoms with E-state index in [1.165, 1.54) is 21.6 Å². The Bertz CT molecular complexity index is 259. The number of ether oxygens (including phenoxy) is 2. The standard InChI is InChI=1S/C12H22O2S4/c1-11(2,3)7-13-9(15)17-18-10(16)14-8-12(4,5)6/h7-8H2,1-6H3. The largest absolute Gasteiger partial charge is 0.477 e. The van der Waals surface area contributed by atoms with Crippen LogP contribution in [-0.4, -0.2) is 22.0 Å². The zero-order valence-electron chi connectivity index (χ0n) is 11.9. The Morgan fingerprint density at radius 3 is 1.28 bits per heavy atom. The zero-order chi connectivity index (χ0) is 14.4. The van der Waals surface area contributed by atoms with Crippen LogP contribution in [0.25, 0.3) is 0 Å².